The highest BCUT2D eigenvalue weighted by molar-refractivity contribution is 5.96. The van der Waals surface area contributed by atoms with Gasteiger partial charge in [-0.15, -0.1) is 0 Å². The van der Waals surface area contributed by atoms with Crippen molar-refractivity contribution in [3.63, 3.8) is 0 Å². The fraction of sp³-hybridized carbons (Fsp3) is 0.346. The summed E-state index contributed by atoms with van der Waals surface area (Å²) in [6, 6.07) is 18.1. The molecule has 5 rings (SSSR count). The minimum absolute atomic E-state index is 0.0333. The molecule has 0 saturated carbocycles. The Kier molecular flexibility index (Phi) is 5.29. The first-order chi connectivity index (χ1) is 16.0. The van der Waals surface area contributed by atoms with Crippen molar-refractivity contribution in [1.29, 1.82) is 0 Å². The summed E-state index contributed by atoms with van der Waals surface area (Å²) in [6.07, 6.45) is 3.20. The molecule has 7 heteroatoms. The van der Waals surface area contributed by atoms with Crippen LogP contribution in [0.25, 0.3) is 5.69 Å². The first kappa shape index (κ1) is 21.4. The van der Waals surface area contributed by atoms with Crippen LogP contribution in [-0.2, 0) is 10.3 Å². The highest BCUT2D eigenvalue weighted by atomic mass is 16.5. The molecule has 0 radical (unpaired) electrons. The minimum Gasteiger partial charge on any atom is -0.495 e. The predicted octanol–water partition coefficient (Wildman–Crippen LogP) is 4.08. The number of amides is 1. The molecule has 0 bridgehead atoms. The van der Waals surface area contributed by atoms with Gasteiger partial charge in [0.1, 0.15) is 12.0 Å². The fourth-order valence-corrected chi connectivity index (χ4v) is 5.19. The third-order valence-electron chi connectivity index (χ3n) is 6.87. The topological polar surface area (TPSA) is 59.0 Å². The van der Waals surface area contributed by atoms with E-state index in [-0.39, 0.29) is 17.7 Å². The van der Waals surface area contributed by atoms with E-state index in [0.29, 0.717) is 18.5 Å². The molecule has 0 aliphatic carbocycles. The number of para-hydroxylation sites is 2. The summed E-state index contributed by atoms with van der Waals surface area (Å²) in [6.45, 7) is 0.584. The van der Waals surface area contributed by atoms with Gasteiger partial charge in [-0.05, 0) is 48.9 Å². The lowest BCUT2D eigenvalue weighted by Crippen LogP contribution is -2.56. The van der Waals surface area contributed by atoms with Crippen molar-refractivity contribution >= 4 is 17.3 Å². The van der Waals surface area contributed by atoms with Crippen LogP contribution in [0.5, 0.6) is 5.75 Å². The molecule has 2 unspecified atom stereocenters. The highest BCUT2D eigenvalue weighted by Gasteiger charge is 2.46. The molecule has 1 fully saturated rings. The van der Waals surface area contributed by atoms with Gasteiger partial charge in [-0.2, -0.15) is 0 Å². The maximum Gasteiger partial charge on any atom is 0.255 e. The maximum atomic E-state index is 13.6. The van der Waals surface area contributed by atoms with Gasteiger partial charge in [0, 0.05) is 51.6 Å². The van der Waals surface area contributed by atoms with Crippen molar-refractivity contribution in [1.82, 2.24) is 9.47 Å². The molecule has 2 aliphatic heterocycles. The van der Waals surface area contributed by atoms with Crippen molar-refractivity contribution in [2.24, 2.45) is 0 Å². The van der Waals surface area contributed by atoms with Crippen LogP contribution in [0.4, 0.5) is 11.4 Å². The van der Waals surface area contributed by atoms with E-state index in [2.05, 4.69) is 46.4 Å². The molecule has 2 aliphatic rings. The number of hydrogen-bond donors (Lipinski definition) is 1. The summed E-state index contributed by atoms with van der Waals surface area (Å²) in [7, 11) is 7.20. The number of aromatic nitrogens is 1. The second-order valence-electron chi connectivity index (χ2n) is 8.91. The zero-order chi connectivity index (χ0) is 23.2. The van der Waals surface area contributed by atoms with E-state index in [1.165, 1.54) is 5.69 Å². The Morgan fingerprint density at radius 3 is 2.70 bits per heavy atom. The number of nitrogens with zero attached hydrogens (tertiary/aromatic N) is 3. The van der Waals surface area contributed by atoms with Gasteiger partial charge in [0.25, 0.3) is 5.91 Å². The van der Waals surface area contributed by atoms with E-state index in [1.807, 2.05) is 48.2 Å². The molecule has 7 nitrogen and oxygen atoms in total. The largest absolute Gasteiger partial charge is 0.495 e. The van der Waals surface area contributed by atoms with E-state index < -0.39 is 0 Å². The van der Waals surface area contributed by atoms with Crippen LogP contribution in [0.1, 0.15) is 28.9 Å². The van der Waals surface area contributed by atoms with E-state index in [1.54, 1.807) is 14.2 Å². The summed E-state index contributed by atoms with van der Waals surface area (Å²) in [4.78, 5) is 17.4. The van der Waals surface area contributed by atoms with Gasteiger partial charge in [-0.3, -0.25) is 4.79 Å². The lowest BCUT2D eigenvalue weighted by atomic mass is 9.81. The molecule has 1 amide bonds. The van der Waals surface area contributed by atoms with Gasteiger partial charge < -0.3 is 29.2 Å². The van der Waals surface area contributed by atoms with Crippen LogP contribution in [0.2, 0.25) is 0 Å². The third kappa shape index (κ3) is 3.43. The smallest absolute Gasteiger partial charge is 0.255 e. The Morgan fingerprint density at radius 1 is 1.12 bits per heavy atom. The Morgan fingerprint density at radius 2 is 1.94 bits per heavy atom. The third-order valence-corrected chi connectivity index (χ3v) is 6.87. The van der Waals surface area contributed by atoms with Gasteiger partial charge >= 0.3 is 0 Å². The number of benzene rings is 2. The number of fused-ring (bicyclic) bond motifs is 4. The molecule has 172 valence electrons. The highest BCUT2D eigenvalue weighted by Crippen LogP contribution is 2.45. The van der Waals surface area contributed by atoms with Crippen LogP contribution in [0, 0.1) is 0 Å². The number of ether oxygens (including phenoxy) is 2. The Bertz CT molecular complexity index is 1190. The number of carbonyl (C=O) groups is 1. The van der Waals surface area contributed by atoms with Gasteiger partial charge in [0.05, 0.1) is 29.7 Å². The van der Waals surface area contributed by atoms with Crippen molar-refractivity contribution in [2.75, 3.05) is 45.1 Å². The molecule has 33 heavy (non-hydrogen) atoms. The SMILES string of the molecule is COc1ccc(C(=O)N2CCC3(CC2OC)Nc2ccccc2-n2cccc23)cc1N(C)C. The molecule has 3 aromatic rings. The van der Waals surface area contributed by atoms with Crippen LogP contribution >= 0.6 is 0 Å². The average Bonchev–Trinajstić information content (AvgIpc) is 3.35. The number of likely N-dealkylation sites (tertiary alicyclic amines) is 1. The number of methoxy groups -OCH3 is 2. The van der Waals surface area contributed by atoms with Crippen molar-refractivity contribution in [2.45, 2.75) is 24.6 Å². The summed E-state index contributed by atoms with van der Waals surface area (Å²) >= 11 is 0. The Labute approximate surface area is 194 Å². The van der Waals surface area contributed by atoms with Crippen LogP contribution in [0.15, 0.2) is 60.8 Å². The molecule has 1 saturated heterocycles. The normalized spacial score (nSPS) is 21.2. The quantitative estimate of drug-likeness (QED) is 0.654. The van der Waals surface area contributed by atoms with Crippen molar-refractivity contribution in [3.05, 3.63) is 72.1 Å². The number of nitrogens with one attached hydrogen (secondary N) is 1. The minimum atomic E-state index is -0.350. The maximum absolute atomic E-state index is 13.6. The fourth-order valence-electron chi connectivity index (χ4n) is 5.19. The Hall–Kier alpha value is -3.45. The van der Waals surface area contributed by atoms with Crippen LogP contribution in [-0.4, -0.2) is 56.5 Å². The molecule has 1 spiro atoms. The van der Waals surface area contributed by atoms with Gasteiger partial charge in [0.2, 0.25) is 0 Å². The lowest BCUT2D eigenvalue weighted by Gasteiger charge is -2.49. The average molecular weight is 447 g/mol. The molecule has 2 aromatic carbocycles. The number of rotatable bonds is 4. The van der Waals surface area contributed by atoms with E-state index in [4.69, 9.17) is 9.47 Å². The van der Waals surface area contributed by atoms with E-state index >= 15 is 0 Å². The zero-order valence-corrected chi connectivity index (χ0v) is 19.5. The molecular weight excluding hydrogens is 416 g/mol. The summed E-state index contributed by atoms with van der Waals surface area (Å²) in [5.41, 5.74) is 4.64. The van der Waals surface area contributed by atoms with E-state index in [0.717, 1.165) is 29.2 Å². The molecule has 2 atom stereocenters. The zero-order valence-electron chi connectivity index (χ0n) is 19.5. The predicted molar refractivity (Wildman–Crippen MR) is 129 cm³/mol. The van der Waals surface area contributed by atoms with Gasteiger partial charge in [0.15, 0.2) is 0 Å². The molecule has 1 N–H and O–H groups in total. The second-order valence-corrected chi connectivity index (χ2v) is 8.91. The van der Waals surface area contributed by atoms with Crippen molar-refractivity contribution in [3.8, 4) is 11.4 Å². The summed E-state index contributed by atoms with van der Waals surface area (Å²) in [5, 5.41) is 3.80. The second kappa shape index (κ2) is 8.15. The number of carbonyl (C=O) groups excluding carboxylic acids is 1. The van der Waals surface area contributed by atoms with E-state index in [9.17, 15) is 4.79 Å². The van der Waals surface area contributed by atoms with Crippen LogP contribution < -0.4 is 15.0 Å². The van der Waals surface area contributed by atoms with Gasteiger partial charge in [-0.25, -0.2) is 0 Å². The summed E-state index contributed by atoms with van der Waals surface area (Å²) in [5.74, 6) is 0.706. The molecule has 3 heterocycles. The molecule has 1 aromatic heterocycles. The number of hydrogen-bond acceptors (Lipinski definition) is 5. The Balaban J connectivity index is 1.45. The van der Waals surface area contributed by atoms with Gasteiger partial charge in [-0.1, -0.05) is 12.1 Å². The standard InChI is InChI=1S/C26H30N4O3/c1-28(2)21-16-18(11-12-22(21)32-3)25(31)30-15-13-26(17-24(30)33-4)23-10-7-14-29(23)20-9-6-5-8-19(20)27-26/h5-12,14,16,24,27H,13,15,17H2,1-4H3. The van der Waals surface area contributed by atoms with Crippen molar-refractivity contribution < 1.29 is 14.3 Å². The van der Waals surface area contributed by atoms with Crippen LogP contribution in [0.3, 0.4) is 0 Å². The first-order valence-corrected chi connectivity index (χ1v) is 11.2. The summed E-state index contributed by atoms with van der Waals surface area (Å²) < 4.78 is 13.6. The lowest BCUT2D eigenvalue weighted by molar-refractivity contribution is -0.0582. The first-order valence-electron chi connectivity index (χ1n) is 11.2. The number of anilines is 2. The molecular formula is C26H30N4O3. The number of piperidine rings is 1. The monoisotopic (exact) mass is 446 g/mol.